The summed E-state index contributed by atoms with van der Waals surface area (Å²) < 4.78 is 12.0. The van der Waals surface area contributed by atoms with Crippen LogP contribution in [0.3, 0.4) is 0 Å². The number of alkyl halides is 1. The van der Waals surface area contributed by atoms with Crippen molar-refractivity contribution in [3.63, 3.8) is 0 Å². The molecule has 0 saturated heterocycles. The summed E-state index contributed by atoms with van der Waals surface area (Å²) in [6, 6.07) is 7.62. The lowest BCUT2D eigenvalue weighted by atomic mass is 10.1. The Balaban J connectivity index is 2.87. The van der Waals surface area contributed by atoms with E-state index in [1.807, 2.05) is 18.2 Å². The molecule has 0 aliphatic heterocycles. The highest BCUT2D eigenvalue weighted by molar-refractivity contribution is 5.22. The van der Waals surface area contributed by atoms with Crippen molar-refractivity contribution in [2.45, 2.75) is 20.0 Å². The number of rotatable bonds is 2. The van der Waals surface area contributed by atoms with E-state index in [1.165, 1.54) is 5.56 Å². The molecular formula is C9H11F. The van der Waals surface area contributed by atoms with Gasteiger partial charge in [-0.15, -0.1) is 0 Å². The fraction of sp³-hybridized carbons (Fsp3) is 0.333. The molecule has 1 aromatic rings. The Morgan fingerprint density at radius 2 is 2.00 bits per heavy atom. The summed E-state index contributed by atoms with van der Waals surface area (Å²) in [5, 5.41) is 0. The van der Waals surface area contributed by atoms with Gasteiger partial charge >= 0.3 is 0 Å². The van der Waals surface area contributed by atoms with Crippen molar-refractivity contribution >= 4 is 0 Å². The van der Waals surface area contributed by atoms with Gasteiger partial charge in [0.15, 0.2) is 0 Å². The molecule has 0 aromatic heterocycles. The Labute approximate surface area is 60.7 Å². The van der Waals surface area contributed by atoms with Crippen LogP contribution in [-0.4, -0.2) is 0 Å². The zero-order valence-electron chi connectivity index (χ0n) is 6.10. The third kappa shape index (κ3) is 1.56. The number of hydrogen-bond acceptors (Lipinski definition) is 0. The lowest BCUT2D eigenvalue weighted by Gasteiger charge is -1.97. The zero-order chi connectivity index (χ0) is 7.40. The summed E-state index contributed by atoms with van der Waals surface area (Å²) in [4.78, 5) is 0. The standard InChI is InChI=1S/C9H11F/c1-2-8-4-3-5-9(6-8)7-10/h3-6H,2,7H2,1H3. The summed E-state index contributed by atoms with van der Waals surface area (Å²) in [7, 11) is 0. The molecular weight excluding hydrogens is 127 g/mol. The minimum atomic E-state index is -0.353. The fourth-order valence-corrected chi connectivity index (χ4v) is 0.933. The topological polar surface area (TPSA) is 0 Å². The van der Waals surface area contributed by atoms with Crippen LogP contribution in [-0.2, 0) is 13.1 Å². The first-order valence-electron chi connectivity index (χ1n) is 3.50. The smallest absolute Gasteiger partial charge is 0.115 e. The van der Waals surface area contributed by atoms with Gasteiger partial charge in [0.25, 0.3) is 0 Å². The molecule has 0 saturated carbocycles. The van der Waals surface area contributed by atoms with Crippen molar-refractivity contribution < 1.29 is 4.39 Å². The summed E-state index contributed by atoms with van der Waals surface area (Å²) in [5.41, 5.74) is 1.98. The van der Waals surface area contributed by atoms with E-state index in [1.54, 1.807) is 6.07 Å². The third-order valence-corrected chi connectivity index (χ3v) is 1.55. The quantitative estimate of drug-likeness (QED) is 0.589. The van der Waals surface area contributed by atoms with E-state index in [0.717, 1.165) is 12.0 Å². The minimum Gasteiger partial charge on any atom is -0.246 e. The molecule has 0 unspecified atom stereocenters. The number of halogens is 1. The van der Waals surface area contributed by atoms with Crippen molar-refractivity contribution in [1.29, 1.82) is 0 Å². The summed E-state index contributed by atoms with van der Waals surface area (Å²) in [6.45, 7) is 1.71. The molecule has 0 nitrogen and oxygen atoms in total. The van der Waals surface area contributed by atoms with Gasteiger partial charge in [0.1, 0.15) is 6.67 Å². The van der Waals surface area contributed by atoms with E-state index in [-0.39, 0.29) is 6.67 Å². The van der Waals surface area contributed by atoms with Gasteiger partial charge in [-0.3, -0.25) is 0 Å². The second-order valence-corrected chi connectivity index (χ2v) is 2.31. The SMILES string of the molecule is CCc1cccc(CF)c1. The highest BCUT2D eigenvalue weighted by Crippen LogP contribution is 2.06. The molecule has 0 N–H and O–H groups in total. The van der Waals surface area contributed by atoms with Crippen LogP contribution in [0, 0.1) is 0 Å². The van der Waals surface area contributed by atoms with Crippen LogP contribution in [0.25, 0.3) is 0 Å². The normalized spacial score (nSPS) is 9.80. The average molecular weight is 138 g/mol. The van der Waals surface area contributed by atoms with Gasteiger partial charge < -0.3 is 0 Å². The first-order valence-corrected chi connectivity index (χ1v) is 3.50. The second kappa shape index (κ2) is 3.35. The molecule has 54 valence electrons. The maximum Gasteiger partial charge on any atom is 0.115 e. The van der Waals surface area contributed by atoms with E-state index >= 15 is 0 Å². The lowest BCUT2D eigenvalue weighted by molar-refractivity contribution is 0.485. The Morgan fingerprint density at radius 3 is 2.60 bits per heavy atom. The van der Waals surface area contributed by atoms with Crippen molar-refractivity contribution in [2.24, 2.45) is 0 Å². The van der Waals surface area contributed by atoms with Crippen LogP contribution < -0.4 is 0 Å². The lowest BCUT2D eigenvalue weighted by Crippen LogP contribution is -1.82. The Hall–Kier alpha value is -0.850. The molecule has 1 rings (SSSR count). The number of benzene rings is 1. The zero-order valence-corrected chi connectivity index (χ0v) is 6.10. The van der Waals surface area contributed by atoms with Crippen LogP contribution in [0.2, 0.25) is 0 Å². The number of aryl methyl sites for hydroxylation is 1. The Morgan fingerprint density at radius 1 is 1.30 bits per heavy atom. The van der Waals surface area contributed by atoms with Gasteiger partial charge in [-0.1, -0.05) is 31.2 Å². The molecule has 0 spiro atoms. The molecule has 0 fully saturated rings. The van der Waals surface area contributed by atoms with Gasteiger partial charge in [0.2, 0.25) is 0 Å². The van der Waals surface area contributed by atoms with Gasteiger partial charge in [-0.25, -0.2) is 4.39 Å². The largest absolute Gasteiger partial charge is 0.246 e. The van der Waals surface area contributed by atoms with Gasteiger partial charge in [0.05, 0.1) is 0 Å². The first kappa shape index (κ1) is 7.26. The van der Waals surface area contributed by atoms with E-state index in [4.69, 9.17) is 0 Å². The van der Waals surface area contributed by atoms with Crippen LogP contribution in [0.1, 0.15) is 18.1 Å². The molecule has 0 atom stereocenters. The summed E-state index contributed by atoms with van der Waals surface area (Å²) in [6.07, 6.45) is 0.980. The van der Waals surface area contributed by atoms with Gasteiger partial charge in [-0.2, -0.15) is 0 Å². The van der Waals surface area contributed by atoms with E-state index in [9.17, 15) is 4.39 Å². The predicted octanol–water partition coefficient (Wildman–Crippen LogP) is 2.72. The molecule has 0 bridgehead atoms. The molecule has 0 heterocycles. The van der Waals surface area contributed by atoms with Crippen LogP contribution in [0.4, 0.5) is 4.39 Å². The Bertz CT molecular complexity index is 186. The fourth-order valence-electron chi connectivity index (χ4n) is 0.933. The highest BCUT2D eigenvalue weighted by Gasteiger charge is 1.91. The molecule has 10 heavy (non-hydrogen) atoms. The molecule has 1 heteroatoms. The van der Waals surface area contributed by atoms with Gasteiger partial charge in [-0.05, 0) is 17.5 Å². The first-order chi connectivity index (χ1) is 4.86. The van der Waals surface area contributed by atoms with Crippen molar-refractivity contribution in [3.8, 4) is 0 Å². The van der Waals surface area contributed by atoms with E-state index in [2.05, 4.69) is 6.92 Å². The third-order valence-electron chi connectivity index (χ3n) is 1.55. The van der Waals surface area contributed by atoms with Crippen molar-refractivity contribution in [1.82, 2.24) is 0 Å². The maximum absolute atomic E-state index is 12.0. The predicted molar refractivity (Wildman–Crippen MR) is 40.6 cm³/mol. The minimum absolute atomic E-state index is 0.353. The van der Waals surface area contributed by atoms with Gasteiger partial charge in [0, 0.05) is 0 Å². The summed E-state index contributed by atoms with van der Waals surface area (Å²) >= 11 is 0. The highest BCUT2D eigenvalue weighted by atomic mass is 19.1. The summed E-state index contributed by atoms with van der Waals surface area (Å²) in [5.74, 6) is 0. The molecule has 1 aromatic carbocycles. The van der Waals surface area contributed by atoms with E-state index < -0.39 is 0 Å². The molecule has 0 amide bonds. The monoisotopic (exact) mass is 138 g/mol. The Kier molecular flexibility index (Phi) is 2.43. The van der Waals surface area contributed by atoms with Crippen molar-refractivity contribution in [3.05, 3.63) is 35.4 Å². The molecule has 0 aliphatic carbocycles. The molecule has 0 radical (unpaired) electrons. The number of hydrogen-bond donors (Lipinski definition) is 0. The van der Waals surface area contributed by atoms with Crippen molar-refractivity contribution in [2.75, 3.05) is 0 Å². The molecule has 0 aliphatic rings. The maximum atomic E-state index is 12.0. The average Bonchev–Trinajstić information content (AvgIpc) is 2.05. The van der Waals surface area contributed by atoms with Crippen LogP contribution in [0.15, 0.2) is 24.3 Å². The van der Waals surface area contributed by atoms with E-state index in [0.29, 0.717) is 0 Å². The van der Waals surface area contributed by atoms with Crippen LogP contribution >= 0.6 is 0 Å². The van der Waals surface area contributed by atoms with Crippen LogP contribution in [0.5, 0.6) is 0 Å². The second-order valence-electron chi connectivity index (χ2n) is 2.31.